The Morgan fingerprint density at radius 1 is 0.875 bits per heavy atom. The third-order valence-corrected chi connectivity index (χ3v) is 4.69. The Morgan fingerprint density at radius 3 is 2.29 bits per heavy atom. The molecule has 0 aromatic heterocycles. The van der Waals surface area contributed by atoms with Crippen molar-refractivity contribution in [3.05, 3.63) is 70.2 Å². The lowest BCUT2D eigenvalue weighted by molar-refractivity contribution is 0.0647. The molecular formula is C21H27BrO2. The van der Waals surface area contributed by atoms with Crippen LogP contribution in [0.1, 0.15) is 36.8 Å². The average Bonchev–Trinajstić information content (AvgIpc) is 2.62. The average molecular weight is 391 g/mol. The molecule has 0 fully saturated rings. The second-order valence-electron chi connectivity index (χ2n) is 6.06. The van der Waals surface area contributed by atoms with E-state index in [1.54, 1.807) is 0 Å². The fourth-order valence-corrected chi connectivity index (χ4v) is 3.01. The van der Waals surface area contributed by atoms with Gasteiger partial charge in [-0.2, -0.15) is 0 Å². The van der Waals surface area contributed by atoms with Crippen molar-refractivity contribution in [2.75, 3.05) is 13.7 Å². The smallest absolute Gasteiger partial charge is 0.0716 e. The number of methoxy groups -OCH3 is 1. The molecule has 0 amide bonds. The molecule has 0 N–H and O–H groups in total. The van der Waals surface area contributed by atoms with Crippen molar-refractivity contribution in [2.24, 2.45) is 0 Å². The van der Waals surface area contributed by atoms with Crippen LogP contribution in [0.5, 0.6) is 0 Å². The van der Waals surface area contributed by atoms with E-state index in [0.717, 1.165) is 43.2 Å². The Balaban J connectivity index is 1.55. The molecule has 2 aromatic rings. The van der Waals surface area contributed by atoms with E-state index in [4.69, 9.17) is 9.47 Å². The highest BCUT2D eigenvalue weighted by Gasteiger charge is 2.07. The monoisotopic (exact) mass is 390 g/mol. The first-order chi connectivity index (χ1) is 11.8. The lowest BCUT2D eigenvalue weighted by Crippen LogP contribution is -2.12. The molecule has 1 unspecified atom stereocenters. The molecule has 2 rings (SSSR count). The van der Waals surface area contributed by atoms with Crippen LogP contribution >= 0.6 is 15.9 Å². The van der Waals surface area contributed by atoms with Crippen LogP contribution in [0.15, 0.2) is 59.1 Å². The summed E-state index contributed by atoms with van der Waals surface area (Å²) >= 11 is 3.47. The van der Waals surface area contributed by atoms with Crippen LogP contribution in [0.3, 0.4) is 0 Å². The molecule has 0 saturated carbocycles. The zero-order chi connectivity index (χ0) is 17.0. The summed E-state index contributed by atoms with van der Waals surface area (Å²) in [7, 11) is 1.81. The van der Waals surface area contributed by atoms with Gasteiger partial charge in [0.1, 0.15) is 0 Å². The molecule has 0 aliphatic heterocycles. The maximum atomic E-state index is 5.74. The summed E-state index contributed by atoms with van der Waals surface area (Å²) in [5, 5.41) is 0. The number of halogens is 1. The van der Waals surface area contributed by atoms with Crippen LogP contribution in [0.4, 0.5) is 0 Å². The molecule has 130 valence electrons. The summed E-state index contributed by atoms with van der Waals surface area (Å²) in [5.74, 6) is 0. The minimum atomic E-state index is 0.334. The number of aryl methyl sites for hydroxylation is 1. The third-order valence-electron chi connectivity index (χ3n) is 4.16. The van der Waals surface area contributed by atoms with Gasteiger partial charge in [0, 0.05) is 18.2 Å². The van der Waals surface area contributed by atoms with Crippen molar-refractivity contribution in [1.29, 1.82) is 0 Å². The molecule has 2 aromatic carbocycles. The standard InChI is InChI=1S/C21H27BrO2/c1-23-21(10-5-9-18-12-14-20(22)15-13-18)11-6-16-24-17-19-7-3-2-4-8-19/h2-4,7-8,12-15,21H,5-6,9-11,16-17H2,1H3. The number of rotatable bonds is 11. The van der Waals surface area contributed by atoms with Gasteiger partial charge in [-0.3, -0.25) is 0 Å². The molecule has 0 heterocycles. The van der Waals surface area contributed by atoms with Gasteiger partial charge in [-0.15, -0.1) is 0 Å². The first-order valence-electron chi connectivity index (χ1n) is 8.67. The van der Waals surface area contributed by atoms with E-state index in [-0.39, 0.29) is 0 Å². The maximum Gasteiger partial charge on any atom is 0.0716 e. The van der Waals surface area contributed by atoms with E-state index >= 15 is 0 Å². The molecule has 24 heavy (non-hydrogen) atoms. The second-order valence-corrected chi connectivity index (χ2v) is 6.97. The minimum Gasteiger partial charge on any atom is -0.381 e. The molecule has 0 saturated heterocycles. The summed E-state index contributed by atoms with van der Waals surface area (Å²) in [4.78, 5) is 0. The fourth-order valence-electron chi connectivity index (χ4n) is 2.74. The van der Waals surface area contributed by atoms with Gasteiger partial charge in [0.2, 0.25) is 0 Å². The molecule has 0 bridgehead atoms. The number of benzene rings is 2. The minimum absolute atomic E-state index is 0.334. The molecule has 1 atom stereocenters. The van der Waals surface area contributed by atoms with E-state index in [2.05, 4.69) is 52.3 Å². The van der Waals surface area contributed by atoms with E-state index < -0.39 is 0 Å². The zero-order valence-electron chi connectivity index (χ0n) is 14.4. The summed E-state index contributed by atoms with van der Waals surface area (Å²) in [6.07, 6.45) is 5.81. The van der Waals surface area contributed by atoms with Crippen molar-refractivity contribution >= 4 is 15.9 Å². The Bertz CT molecular complexity index is 554. The van der Waals surface area contributed by atoms with Crippen LogP contribution in [0.25, 0.3) is 0 Å². The Morgan fingerprint density at radius 2 is 1.58 bits per heavy atom. The predicted molar refractivity (Wildman–Crippen MR) is 103 cm³/mol. The molecule has 2 nitrogen and oxygen atoms in total. The highest BCUT2D eigenvalue weighted by molar-refractivity contribution is 9.10. The van der Waals surface area contributed by atoms with Crippen LogP contribution in [0, 0.1) is 0 Å². The normalized spacial score (nSPS) is 12.2. The van der Waals surface area contributed by atoms with Gasteiger partial charge >= 0.3 is 0 Å². The molecule has 0 aliphatic carbocycles. The number of hydrogen-bond donors (Lipinski definition) is 0. The Kier molecular flexibility index (Phi) is 9.11. The third kappa shape index (κ3) is 7.61. The SMILES string of the molecule is COC(CCCOCc1ccccc1)CCCc1ccc(Br)cc1. The Hall–Kier alpha value is -1.16. The van der Waals surface area contributed by atoms with Crippen molar-refractivity contribution in [1.82, 2.24) is 0 Å². The van der Waals surface area contributed by atoms with E-state index in [0.29, 0.717) is 12.7 Å². The van der Waals surface area contributed by atoms with Crippen molar-refractivity contribution in [3.63, 3.8) is 0 Å². The molecule has 3 heteroatoms. The first kappa shape index (κ1) is 19.2. The lowest BCUT2D eigenvalue weighted by atomic mass is 10.0. The van der Waals surface area contributed by atoms with E-state index in [9.17, 15) is 0 Å². The van der Waals surface area contributed by atoms with E-state index in [1.165, 1.54) is 11.1 Å². The van der Waals surface area contributed by atoms with Gasteiger partial charge in [-0.25, -0.2) is 0 Å². The molecule has 0 spiro atoms. The predicted octanol–water partition coefficient (Wildman–Crippen LogP) is 5.78. The van der Waals surface area contributed by atoms with Gasteiger partial charge in [0.25, 0.3) is 0 Å². The van der Waals surface area contributed by atoms with Crippen LogP contribution in [-0.2, 0) is 22.5 Å². The number of hydrogen-bond acceptors (Lipinski definition) is 2. The Labute approximate surface area is 154 Å². The van der Waals surface area contributed by atoms with Crippen LogP contribution in [-0.4, -0.2) is 19.8 Å². The lowest BCUT2D eigenvalue weighted by Gasteiger charge is -2.15. The van der Waals surface area contributed by atoms with E-state index in [1.807, 2.05) is 25.3 Å². The van der Waals surface area contributed by atoms with Crippen molar-refractivity contribution in [2.45, 2.75) is 44.8 Å². The highest BCUT2D eigenvalue weighted by Crippen LogP contribution is 2.15. The summed E-state index contributed by atoms with van der Waals surface area (Å²) in [5.41, 5.74) is 2.62. The van der Waals surface area contributed by atoms with Gasteiger partial charge in [0.05, 0.1) is 12.7 Å². The van der Waals surface area contributed by atoms with Crippen LogP contribution in [0.2, 0.25) is 0 Å². The second kappa shape index (κ2) is 11.4. The highest BCUT2D eigenvalue weighted by atomic mass is 79.9. The van der Waals surface area contributed by atoms with Gasteiger partial charge in [-0.05, 0) is 55.4 Å². The van der Waals surface area contributed by atoms with Crippen LogP contribution < -0.4 is 0 Å². The van der Waals surface area contributed by atoms with Gasteiger partial charge in [-0.1, -0.05) is 58.4 Å². The van der Waals surface area contributed by atoms with Crippen molar-refractivity contribution < 1.29 is 9.47 Å². The summed E-state index contributed by atoms with van der Waals surface area (Å²) in [6.45, 7) is 1.49. The summed E-state index contributed by atoms with van der Waals surface area (Å²) in [6, 6.07) is 18.9. The molecule has 0 aliphatic rings. The van der Waals surface area contributed by atoms with Gasteiger partial charge in [0.15, 0.2) is 0 Å². The number of ether oxygens (including phenoxy) is 2. The molecular weight excluding hydrogens is 364 g/mol. The molecule has 0 radical (unpaired) electrons. The zero-order valence-corrected chi connectivity index (χ0v) is 16.0. The fraction of sp³-hybridized carbons (Fsp3) is 0.429. The maximum absolute atomic E-state index is 5.74. The first-order valence-corrected chi connectivity index (χ1v) is 9.46. The quantitative estimate of drug-likeness (QED) is 0.452. The topological polar surface area (TPSA) is 18.5 Å². The van der Waals surface area contributed by atoms with Gasteiger partial charge < -0.3 is 9.47 Å². The summed E-state index contributed by atoms with van der Waals surface area (Å²) < 4.78 is 12.5. The van der Waals surface area contributed by atoms with Crippen molar-refractivity contribution in [3.8, 4) is 0 Å². The largest absolute Gasteiger partial charge is 0.381 e.